The van der Waals surface area contributed by atoms with Gasteiger partial charge >= 0.3 is 19.1 Å². The van der Waals surface area contributed by atoms with Crippen molar-refractivity contribution in [2.45, 2.75) is 47.7 Å². The smallest absolute Gasteiger partial charge is 0.497 e. The number of benzene rings is 1. The van der Waals surface area contributed by atoms with E-state index in [9.17, 15) is 18.0 Å². The Kier molecular flexibility index (Phi) is 13.7. The second-order valence-corrected chi connectivity index (χ2v) is 13.1. The molecule has 1 aromatic rings. The summed E-state index contributed by atoms with van der Waals surface area (Å²) in [6.45, 7) is 0.331. The molecule has 0 aromatic heterocycles. The zero-order chi connectivity index (χ0) is 27.3. The SMILES string of the molecule is CN1CC(=O)OB(C(/C=C/CCCCCCOCc2ccccc2)S(=O)(=O)NCC(Cl)(Cl)Cl)OC(=O)C1. The first-order chi connectivity index (χ1) is 17.5. The Morgan fingerprint density at radius 2 is 1.70 bits per heavy atom. The van der Waals surface area contributed by atoms with Gasteiger partial charge in [0, 0.05) is 6.61 Å². The van der Waals surface area contributed by atoms with Gasteiger partial charge in [0.05, 0.1) is 26.2 Å². The second kappa shape index (κ2) is 15.9. The quantitative estimate of drug-likeness (QED) is 0.150. The van der Waals surface area contributed by atoms with E-state index in [0.717, 1.165) is 31.2 Å². The molecular weight excluding hydrogens is 565 g/mol. The van der Waals surface area contributed by atoms with Gasteiger partial charge in [-0.2, -0.15) is 0 Å². The van der Waals surface area contributed by atoms with Crippen LogP contribution in [0.3, 0.4) is 0 Å². The van der Waals surface area contributed by atoms with E-state index in [1.165, 1.54) is 18.0 Å². The van der Waals surface area contributed by atoms with Crippen LogP contribution < -0.4 is 4.72 Å². The lowest BCUT2D eigenvalue weighted by molar-refractivity contribution is -0.145. The minimum absolute atomic E-state index is 0.196. The van der Waals surface area contributed by atoms with Gasteiger partial charge in [0.2, 0.25) is 13.8 Å². The van der Waals surface area contributed by atoms with Crippen molar-refractivity contribution in [2.24, 2.45) is 0 Å². The summed E-state index contributed by atoms with van der Waals surface area (Å²) in [5.41, 5.74) is 1.13. The first kappa shape index (κ1) is 31.9. The summed E-state index contributed by atoms with van der Waals surface area (Å²) in [5, 5.41) is -1.53. The average Bonchev–Trinajstić information content (AvgIpc) is 2.80. The Balaban J connectivity index is 1.88. The van der Waals surface area contributed by atoms with E-state index in [4.69, 9.17) is 48.8 Å². The van der Waals surface area contributed by atoms with Crippen LogP contribution in [0.2, 0.25) is 0 Å². The van der Waals surface area contributed by atoms with E-state index >= 15 is 0 Å². The Morgan fingerprint density at radius 1 is 1.08 bits per heavy atom. The largest absolute Gasteiger partial charge is 0.623 e. The Hall–Kier alpha value is -1.34. The summed E-state index contributed by atoms with van der Waals surface area (Å²) in [7, 11) is -4.39. The number of hydrogen-bond acceptors (Lipinski definition) is 8. The topological polar surface area (TPSA) is 111 Å². The minimum atomic E-state index is -4.25. The number of sulfonamides is 1. The summed E-state index contributed by atoms with van der Waals surface area (Å²) in [4.78, 5) is 25.7. The maximum absolute atomic E-state index is 13.0. The van der Waals surface area contributed by atoms with E-state index < -0.39 is 44.6 Å². The molecule has 1 N–H and O–H groups in total. The molecule has 2 rings (SSSR count). The molecule has 14 heteroatoms. The number of unbranched alkanes of at least 4 members (excludes halogenated alkanes) is 4. The molecule has 1 heterocycles. The van der Waals surface area contributed by atoms with Crippen LogP contribution in [-0.2, 0) is 40.3 Å². The molecule has 9 nitrogen and oxygen atoms in total. The van der Waals surface area contributed by atoms with Gasteiger partial charge in [-0.1, -0.05) is 90.1 Å². The van der Waals surface area contributed by atoms with Crippen molar-refractivity contribution in [1.29, 1.82) is 0 Å². The van der Waals surface area contributed by atoms with Crippen molar-refractivity contribution in [1.82, 2.24) is 9.62 Å². The van der Waals surface area contributed by atoms with Gasteiger partial charge in [0.15, 0.2) is 5.15 Å². The highest BCUT2D eigenvalue weighted by Gasteiger charge is 2.46. The zero-order valence-electron chi connectivity index (χ0n) is 20.6. The highest BCUT2D eigenvalue weighted by atomic mass is 35.6. The van der Waals surface area contributed by atoms with Gasteiger partial charge in [0.1, 0.15) is 0 Å². The maximum atomic E-state index is 13.0. The van der Waals surface area contributed by atoms with Gasteiger partial charge in [-0.25, -0.2) is 13.1 Å². The molecule has 206 valence electrons. The standard InChI is InChI=1S/C23H32BCl3N2O7S/c1-29-15-21(30)35-24(36-22(31)16-29)20(37(32,33)28-18-23(25,26)27)13-9-4-2-3-5-10-14-34-17-19-11-7-6-8-12-19/h6-9,11-13,20,28H,2-5,10,14-18H2,1H3/b13-9+. The predicted molar refractivity (Wildman–Crippen MR) is 145 cm³/mol. The number of likely N-dealkylation sites (N-methyl/N-ethyl adjacent to an activating group) is 1. The number of nitrogens with zero attached hydrogens (tertiary/aromatic N) is 1. The molecule has 0 amide bonds. The van der Waals surface area contributed by atoms with Crippen LogP contribution in [0.4, 0.5) is 0 Å². The molecule has 0 saturated carbocycles. The molecule has 0 aliphatic carbocycles. The lowest BCUT2D eigenvalue weighted by atomic mass is 9.83. The number of alkyl halides is 3. The third kappa shape index (κ3) is 13.3. The van der Waals surface area contributed by atoms with Crippen molar-refractivity contribution in [3.63, 3.8) is 0 Å². The fraction of sp³-hybridized carbons (Fsp3) is 0.565. The van der Waals surface area contributed by atoms with E-state index in [1.807, 2.05) is 30.3 Å². The van der Waals surface area contributed by atoms with Crippen LogP contribution in [0.1, 0.15) is 37.7 Å². The third-order valence-electron chi connectivity index (χ3n) is 5.24. The molecule has 1 atom stereocenters. The molecule has 37 heavy (non-hydrogen) atoms. The van der Waals surface area contributed by atoms with Gasteiger partial charge in [0.25, 0.3) is 0 Å². The molecule has 1 fully saturated rings. The monoisotopic (exact) mass is 596 g/mol. The number of rotatable bonds is 14. The number of carbonyl (C=O) groups is 2. The fourth-order valence-electron chi connectivity index (χ4n) is 3.42. The van der Waals surface area contributed by atoms with Crippen LogP contribution in [-0.4, -0.2) is 74.6 Å². The van der Waals surface area contributed by atoms with E-state index in [-0.39, 0.29) is 13.1 Å². The Bertz CT molecular complexity index is 974. The number of halogens is 3. The number of ether oxygens (including phenoxy) is 1. The number of hydrogen-bond donors (Lipinski definition) is 1. The Morgan fingerprint density at radius 3 is 2.32 bits per heavy atom. The summed E-state index contributed by atoms with van der Waals surface area (Å²) in [6.07, 6.45) is 7.15. The summed E-state index contributed by atoms with van der Waals surface area (Å²) in [5.74, 6) is -1.46. The maximum Gasteiger partial charge on any atom is 0.623 e. The van der Waals surface area contributed by atoms with Crippen molar-refractivity contribution in [3.05, 3.63) is 48.0 Å². The summed E-state index contributed by atoms with van der Waals surface area (Å²) in [6, 6.07) is 9.95. The molecule has 1 aliphatic rings. The lowest BCUT2D eigenvalue weighted by Gasteiger charge is -2.26. The average molecular weight is 598 g/mol. The molecule has 1 unspecified atom stereocenters. The highest BCUT2D eigenvalue weighted by molar-refractivity contribution is 7.91. The first-order valence-electron chi connectivity index (χ1n) is 11.9. The minimum Gasteiger partial charge on any atom is -0.497 e. The molecule has 0 bridgehead atoms. The Labute approximate surface area is 233 Å². The lowest BCUT2D eigenvalue weighted by Crippen LogP contribution is -2.52. The normalized spacial score (nSPS) is 16.8. The van der Waals surface area contributed by atoms with Crippen LogP contribution in [0.25, 0.3) is 0 Å². The molecule has 1 aliphatic heterocycles. The van der Waals surface area contributed by atoms with Crippen LogP contribution in [0.5, 0.6) is 0 Å². The zero-order valence-corrected chi connectivity index (χ0v) is 23.7. The van der Waals surface area contributed by atoms with E-state index in [0.29, 0.717) is 19.6 Å². The van der Waals surface area contributed by atoms with Crippen molar-refractivity contribution >= 4 is 63.9 Å². The first-order valence-corrected chi connectivity index (χ1v) is 14.6. The molecule has 1 saturated heterocycles. The number of allylic oxidation sites excluding steroid dienone is 1. The predicted octanol–water partition coefficient (Wildman–Crippen LogP) is 3.43. The van der Waals surface area contributed by atoms with Crippen LogP contribution in [0.15, 0.2) is 42.5 Å². The number of nitrogens with one attached hydrogen (secondary N) is 1. The van der Waals surface area contributed by atoms with Gasteiger partial charge < -0.3 is 14.0 Å². The second-order valence-electron chi connectivity index (χ2n) is 8.64. The molecule has 0 spiro atoms. The molecular formula is C23H32BCl3N2O7S. The van der Waals surface area contributed by atoms with E-state index in [1.54, 1.807) is 6.08 Å². The van der Waals surface area contributed by atoms with Gasteiger partial charge in [-0.15, -0.1) is 0 Å². The number of carbonyl (C=O) groups excluding carboxylic acids is 2. The fourth-order valence-corrected chi connectivity index (χ4v) is 5.19. The van der Waals surface area contributed by atoms with Crippen LogP contribution in [0, 0.1) is 0 Å². The summed E-state index contributed by atoms with van der Waals surface area (Å²) < 4.78 is 42.3. The van der Waals surface area contributed by atoms with Gasteiger partial charge in [-0.05, 0) is 31.9 Å². The molecule has 1 aromatic carbocycles. The van der Waals surface area contributed by atoms with Crippen LogP contribution >= 0.6 is 34.8 Å². The van der Waals surface area contributed by atoms with Crippen molar-refractivity contribution in [3.8, 4) is 0 Å². The van der Waals surface area contributed by atoms with Gasteiger partial charge in [-0.3, -0.25) is 14.5 Å². The van der Waals surface area contributed by atoms with E-state index in [2.05, 4.69) is 4.72 Å². The third-order valence-corrected chi connectivity index (χ3v) is 7.28. The van der Waals surface area contributed by atoms with Crippen molar-refractivity contribution in [2.75, 3.05) is 33.3 Å². The highest BCUT2D eigenvalue weighted by Crippen LogP contribution is 2.25. The summed E-state index contributed by atoms with van der Waals surface area (Å²) >= 11 is 17.0. The van der Waals surface area contributed by atoms with Crippen molar-refractivity contribution < 1.29 is 32.1 Å². The molecule has 0 radical (unpaired) electrons.